The molecule has 0 aliphatic carbocycles. The molecule has 4 heteroatoms. The minimum atomic E-state index is 0.746. The van der Waals surface area contributed by atoms with Crippen LogP contribution >= 0.6 is 0 Å². The van der Waals surface area contributed by atoms with Gasteiger partial charge in [-0.25, -0.2) is 4.98 Å². The van der Waals surface area contributed by atoms with Crippen LogP contribution in [0.4, 0.5) is 0 Å². The van der Waals surface area contributed by atoms with Crippen molar-refractivity contribution in [1.29, 1.82) is 0 Å². The standard InChI is InChI=1S/C12H14N2O2/c1-15-11-5-3-10(4-6-11)9-14-8-7-13-12(14)16-2/h3-8H,9H2,1-2H3/p+1. The van der Waals surface area contributed by atoms with Gasteiger partial charge in [-0.05, 0) is 17.7 Å². The van der Waals surface area contributed by atoms with E-state index in [-0.39, 0.29) is 0 Å². The maximum atomic E-state index is 5.19. The molecule has 2 aromatic rings. The highest BCUT2D eigenvalue weighted by Crippen LogP contribution is 2.11. The van der Waals surface area contributed by atoms with Crippen molar-refractivity contribution in [2.75, 3.05) is 14.2 Å². The molecule has 2 rings (SSSR count). The van der Waals surface area contributed by atoms with E-state index in [0.717, 1.165) is 18.3 Å². The second-order valence-corrected chi connectivity index (χ2v) is 3.45. The Morgan fingerprint density at radius 2 is 1.88 bits per heavy atom. The Labute approximate surface area is 94.4 Å². The van der Waals surface area contributed by atoms with E-state index < -0.39 is 0 Å². The fourth-order valence-electron chi connectivity index (χ4n) is 1.58. The minimum Gasteiger partial charge on any atom is -0.497 e. The number of rotatable bonds is 4. The SMILES string of the molecule is COc1ccc(C[n+]2cc[nH]c2OC)cc1. The molecule has 0 fully saturated rings. The van der Waals surface area contributed by atoms with Gasteiger partial charge in [0.15, 0.2) is 0 Å². The highest BCUT2D eigenvalue weighted by Gasteiger charge is 2.10. The molecule has 1 heterocycles. The lowest BCUT2D eigenvalue weighted by Gasteiger charge is -2.02. The third kappa shape index (κ3) is 2.16. The first-order valence-corrected chi connectivity index (χ1v) is 5.07. The van der Waals surface area contributed by atoms with Gasteiger partial charge in [0.1, 0.15) is 24.7 Å². The summed E-state index contributed by atoms with van der Waals surface area (Å²) in [5, 5.41) is 0. The molecule has 1 aromatic carbocycles. The molecule has 0 radical (unpaired) electrons. The zero-order valence-corrected chi connectivity index (χ0v) is 9.43. The van der Waals surface area contributed by atoms with Gasteiger partial charge >= 0.3 is 6.01 Å². The molecule has 0 unspecified atom stereocenters. The smallest absolute Gasteiger partial charge is 0.453 e. The van der Waals surface area contributed by atoms with E-state index in [1.165, 1.54) is 5.56 Å². The lowest BCUT2D eigenvalue weighted by atomic mass is 10.2. The molecule has 84 valence electrons. The summed E-state index contributed by atoms with van der Waals surface area (Å²) in [4.78, 5) is 3.01. The van der Waals surface area contributed by atoms with Crippen molar-refractivity contribution in [3.8, 4) is 11.8 Å². The number of nitrogens with zero attached hydrogens (tertiary/aromatic N) is 1. The van der Waals surface area contributed by atoms with Crippen LogP contribution in [0.25, 0.3) is 0 Å². The van der Waals surface area contributed by atoms with Crippen LogP contribution in [0.15, 0.2) is 36.7 Å². The van der Waals surface area contributed by atoms with Crippen LogP contribution in [0.2, 0.25) is 0 Å². The monoisotopic (exact) mass is 219 g/mol. The number of hydrogen-bond donors (Lipinski definition) is 1. The number of methoxy groups -OCH3 is 2. The van der Waals surface area contributed by atoms with Gasteiger partial charge < -0.3 is 9.47 Å². The maximum absolute atomic E-state index is 5.19. The summed E-state index contributed by atoms with van der Waals surface area (Å²) in [6.45, 7) is 0.774. The molecule has 0 bridgehead atoms. The summed E-state index contributed by atoms with van der Waals surface area (Å²) in [7, 11) is 3.31. The van der Waals surface area contributed by atoms with Crippen molar-refractivity contribution in [2.24, 2.45) is 0 Å². The summed E-state index contributed by atoms with van der Waals surface area (Å²) >= 11 is 0. The largest absolute Gasteiger partial charge is 0.497 e. The van der Waals surface area contributed by atoms with Gasteiger partial charge in [-0.15, -0.1) is 0 Å². The molecule has 0 aliphatic rings. The second-order valence-electron chi connectivity index (χ2n) is 3.45. The average Bonchev–Trinajstić information content (AvgIpc) is 2.77. The molecule has 1 N–H and O–H groups in total. The van der Waals surface area contributed by atoms with E-state index in [9.17, 15) is 0 Å². The number of aromatic amines is 1. The second kappa shape index (κ2) is 4.70. The van der Waals surface area contributed by atoms with E-state index in [2.05, 4.69) is 4.98 Å². The highest BCUT2D eigenvalue weighted by molar-refractivity contribution is 5.26. The molecular weight excluding hydrogens is 204 g/mol. The highest BCUT2D eigenvalue weighted by atomic mass is 16.5. The maximum Gasteiger partial charge on any atom is 0.453 e. The van der Waals surface area contributed by atoms with Crippen LogP contribution in [0.3, 0.4) is 0 Å². The Morgan fingerprint density at radius 3 is 2.50 bits per heavy atom. The van der Waals surface area contributed by atoms with Crippen LogP contribution < -0.4 is 14.0 Å². The van der Waals surface area contributed by atoms with Gasteiger partial charge in [-0.2, -0.15) is 4.57 Å². The molecule has 0 spiro atoms. The lowest BCUT2D eigenvalue weighted by Crippen LogP contribution is -2.33. The number of aromatic nitrogens is 2. The zero-order chi connectivity index (χ0) is 11.4. The predicted molar refractivity (Wildman–Crippen MR) is 59.6 cm³/mol. The van der Waals surface area contributed by atoms with Gasteiger partial charge in [-0.3, -0.25) is 0 Å². The van der Waals surface area contributed by atoms with Gasteiger partial charge in [0.25, 0.3) is 0 Å². The molecule has 16 heavy (non-hydrogen) atoms. The van der Waals surface area contributed by atoms with Crippen molar-refractivity contribution in [2.45, 2.75) is 6.54 Å². The van der Waals surface area contributed by atoms with Gasteiger partial charge in [-0.1, -0.05) is 12.1 Å². The molecular formula is C12H15N2O2+. The number of benzene rings is 1. The fourth-order valence-corrected chi connectivity index (χ4v) is 1.58. The number of ether oxygens (including phenoxy) is 2. The zero-order valence-electron chi connectivity index (χ0n) is 9.43. The summed E-state index contributed by atoms with van der Waals surface area (Å²) in [6.07, 6.45) is 3.80. The first kappa shape index (κ1) is 10.5. The van der Waals surface area contributed by atoms with Gasteiger partial charge in [0.05, 0.1) is 14.2 Å². The molecule has 4 nitrogen and oxygen atoms in total. The van der Waals surface area contributed by atoms with Crippen molar-refractivity contribution in [3.63, 3.8) is 0 Å². The molecule has 0 saturated heterocycles. The van der Waals surface area contributed by atoms with E-state index in [4.69, 9.17) is 9.47 Å². The Morgan fingerprint density at radius 1 is 1.12 bits per heavy atom. The van der Waals surface area contributed by atoms with E-state index in [1.54, 1.807) is 14.2 Å². The van der Waals surface area contributed by atoms with Crippen molar-refractivity contribution in [3.05, 3.63) is 42.2 Å². The molecule has 0 amide bonds. The molecule has 0 atom stereocenters. The number of hydrogen-bond acceptors (Lipinski definition) is 2. The summed E-state index contributed by atoms with van der Waals surface area (Å²) in [5.41, 5.74) is 1.20. The quantitative estimate of drug-likeness (QED) is 0.789. The summed E-state index contributed by atoms with van der Waals surface area (Å²) in [6, 6.07) is 8.73. The Balaban J connectivity index is 2.14. The number of H-pyrrole nitrogens is 1. The van der Waals surface area contributed by atoms with E-state index in [0.29, 0.717) is 0 Å². The Bertz CT molecular complexity index is 448. The van der Waals surface area contributed by atoms with Gasteiger partial charge in [0.2, 0.25) is 0 Å². The lowest BCUT2D eigenvalue weighted by molar-refractivity contribution is -0.691. The predicted octanol–water partition coefficient (Wildman–Crippen LogP) is 1.37. The van der Waals surface area contributed by atoms with E-state index >= 15 is 0 Å². The Kier molecular flexibility index (Phi) is 3.10. The normalized spacial score (nSPS) is 10.1. The summed E-state index contributed by atoms with van der Waals surface area (Å²) < 4.78 is 12.3. The van der Waals surface area contributed by atoms with Crippen LogP contribution in [-0.4, -0.2) is 19.2 Å². The summed E-state index contributed by atoms with van der Waals surface area (Å²) in [5.74, 6) is 0.870. The van der Waals surface area contributed by atoms with Crippen molar-refractivity contribution in [1.82, 2.24) is 4.98 Å². The first-order chi connectivity index (χ1) is 7.83. The van der Waals surface area contributed by atoms with Crippen LogP contribution in [0.1, 0.15) is 5.56 Å². The third-order valence-corrected chi connectivity index (χ3v) is 2.43. The first-order valence-electron chi connectivity index (χ1n) is 5.07. The van der Waals surface area contributed by atoms with Gasteiger partial charge in [0, 0.05) is 0 Å². The third-order valence-electron chi connectivity index (χ3n) is 2.43. The van der Waals surface area contributed by atoms with Crippen molar-refractivity contribution >= 4 is 0 Å². The van der Waals surface area contributed by atoms with Crippen LogP contribution in [0, 0.1) is 0 Å². The average molecular weight is 219 g/mol. The van der Waals surface area contributed by atoms with Crippen LogP contribution in [0.5, 0.6) is 11.8 Å². The minimum absolute atomic E-state index is 0.746. The molecule has 0 saturated carbocycles. The fraction of sp³-hybridized carbons (Fsp3) is 0.250. The molecule has 0 aliphatic heterocycles. The van der Waals surface area contributed by atoms with Crippen LogP contribution in [-0.2, 0) is 6.54 Å². The van der Waals surface area contributed by atoms with Crippen molar-refractivity contribution < 1.29 is 14.0 Å². The van der Waals surface area contributed by atoms with E-state index in [1.807, 2.05) is 41.2 Å². The topological polar surface area (TPSA) is 38.1 Å². The number of imidazole rings is 1. The Hall–Kier alpha value is -1.97. The molecule has 1 aromatic heterocycles. The number of nitrogens with one attached hydrogen (secondary N) is 1.